The van der Waals surface area contributed by atoms with E-state index in [9.17, 15) is 25.2 Å². The molecule has 1 saturated carbocycles. The van der Waals surface area contributed by atoms with Crippen molar-refractivity contribution in [3.05, 3.63) is 65.2 Å². The van der Waals surface area contributed by atoms with Gasteiger partial charge >= 0.3 is 0 Å². The molecule has 2 aromatic rings. The molecule has 0 aliphatic heterocycles. The van der Waals surface area contributed by atoms with Crippen molar-refractivity contribution in [2.75, 3.05) is 20.7 Å². The minimum absolute atomic E-state index is 0.0595. The first-order chi connectivity index (χ1) is 14.3. The fraction of sp³-hybridized carbons (Fsp3) is 0.435. The summed E-state index contributed by atoms with van der Waals surface area (Å²) in [6, 6.07) is 14.8. The van der Waals surface area contributed by atoms with E-state index in [0.29, 0.717) is 17.7 Å². The molecule has 5 atom stereocenters. The van der Waals surface area contributed by atoms with Crippen LogP contribution < -0.4 is 4.74 Å². The summed E-state index contributed by atoms with van der Waals surface area (Å²) in [7, 11) is 3.42. The molecule has 0 aromatic heterocycles. The van der Waals surface area contributed by atoms with Gasteiger partial charge in [-0.1, -0.05) is 30.3 Å². The first-order valence-electron chi connectivity index (χ1n) is 10.0. The summed E-state index contributed by atoms with van der Waals surface area (Å²) in [5, 5.41) is 39.9. The number of nitrogens with zero attached hydrogens (tertiary/aromatic N) is 1. The van der Waals surface area contributed by atoms with Gasteiger partial charge in [-0.3, -0.25) is 4.79 Å². The van der Waals surface area contributed by atoms with Gasteiger partial charge in [-0.15, -0.1) is 0 Å². The van der Waals surface area contributed by atoms with Crippen LogP contribution in [-0.2, 0) is 6.42 Å². The van der Waals surface area contributed by atoms with E-state index in [1.807, 2.05) is 30.3 Å². The van der Waals surface area contributed by atoms with Crippen molar-refractivity contribution >= 4 is 5.91 Å². The summed E-state index contributed by atoms with van der Waals surface area (Å²) in [6.45, 7) is -0.301. The number of aliphatic hydroxyl groups is 4. The van der Waals surface area contributed by atoms with Gasteiger partial charge in [0.05, 0.1) is 6.10 Å². The van der Waals surface area contributed by atoms with Crippen LogP contribution in [0.2, 0.25) is 0 Å². The molecule has 0 spiro atoms. The Balaban J connectivity index is 1.76. The lowest BCUT2D eigenvalue weighted by atomic mass is 9.81. The van der Waals surface area contributed by atoms with Crippen LogP contribution >= 0.6 is 0 Å². The van der Waals surface area contributed by atoms with Crippen LogP contribution in [0.5, 0.6) is 5.75 Å². The number of aliphatic hydroxyl groups excluding tert-OH is 4. The Kier molecular flexibility index (Phi) is 7.10. The second kappa shape index (κ2) is 9.57. The number of amides is 1. The second-order valence-electron chi connectivity index (χ2n) is 7.99. The topological polar surface area (TPSA) is 110 Å². The zero-order valence-electron chi connectivity index (χ0n) is 17.2. The molecule has 0 heterocycles. The van der Waals surface area contributed by atoms with Crippen molar-refractivity contribution in [2.24, 2.45) is 5.92 Å². The first kappa shape index (κ1) is 22.2. The molecule has 162 valence electrons. The number of hydrogen-bond acceptors (Lipinski definition) is 6. The van der Waals surface area contributed by atoms with Crippen molar-refractivity contribution in [2.45, 2.75) is 37.3 Å². The van der Waals surface area contributed by atoms with E-state index < -0.39 is 30.3 Å². The molecule has 7 nitrogen and oxygen atoms in total. The van der Waals surface area contributed by atoms with E-state index in [1.165, 1.54) is 4.90 Å². The van der Waals surface area contributed by atoms with E-state index in [4.69, 9.17) is 4.74 Å². The van der Waals surface area contributed by atoms with Crippen LogP contribution in [-0.4, -0.2) is 76.4 Å². The lowest BCUT2D eigenvalue weighted by Crippen LogP contribution is -2.56. The third-order valence-electron chi connectivity index (χ3n) is 5.59. The largest absolute Gasteiger partial charge is 0.487 e. The normalized spacial score (nSPS) is 26.3. The van der Waals surface area contributed by atoms with Gasteiger partial charge < -0.3 is 30.1 Å². The fourth-order valence-electron chi connectivity index (χ4n) is 3.75. The summed E-state index contributed by atoms with van der Waals surface area (Å²) in [4.78, 5) is 13.6. The van der Waals surface area contributed by atoms with Gasteiger partial charge in [-0.25, -0.2) is 0 Å². The van der Waals surface area contributed by atoms with Crippen LogP contribution in [0, 0.1) is 5.92 Å². The number of carbonyl (C=O) groups is 1. The number of para-hydroxylation sites is 1. The molecule has 0 unspecified atom stereocenters. The SMILES string of the molecule is CN(C)C(=O)c1ccc(Cc2ccccc2O[C@@H]2C[C@H](CO)[C@@H](O)[C@H](O)[C@H]2O)cc1. The van der Waals surface area contributed by atoms with Crippen molar-refractivity contribution in [3.8, 4) is 5.75 Å². The fourth-order valence-corrected chi connectivity index (χ4v) is 3.75. The van der Waals surface area contributed by atoms with E-state index in [1.54, 1.807) is 32.3 Å². The van der Waals surface area contributed by atoms with Crippen LogP contribution in [0.4, 0.5) is 0 Å². The molecule has 1 aliphatic rings. The molecule has 1 aliphatic carbocycles. The van der Waals surface area contributed by atoms with E-state index in [2.05, 4.69) is 0 Å². The maximum Gasteiger partial charge on any atom is 0.253 e. The van der Waals surface area contributed by atoms with Crippen LogP contribution in [0.25, 0.3) is 0 Å². The number of hydrogen-bond donors (Lipinski definition) is 4. The highest BCUT2D eigenvalue weighted by atomic mass is 16.5. The number of ether oxygens (including phenoxy) is 1. The van der Waals surface area contributed by atoms with Gasteiger partial charge in [0.1, 0.15) is 24.1 Å². The molecule has 7 heteroatoms. The molecule has 0 saturated heterocycles. The zero-order chi connectivity index (χ0) is 21.8. The highest BCUT2D eigenvalue weighted by Gasteiger charge is 2.43. The molecule has 1 fully saturated rings. The molecule has 3 rings (SSSR count). The molecule has 0 radical (unpaired) electrons. The Morgan fingerprint density at radius 3 is 2.30 bits per heavy atom. The van der Waals surface area contributed by atoms with E-state index in [0.717, 1.165) is 11.1 Å². The summed E-state index contributed by atoms with van der Waals surface area (Å²) in [6.07, 6.45) is -3.79. The van der Waals surface area contributed by atoms with Crippen molar-refractivity contribution < 1.29 is 30.0 Å². The molecule has 4 N–H and O–H groups in total. The highest BCUT2D eigenvalue weighted by molar-refractivity contribution is 5.93. The Labute approximate surface area is 176 Å². The Morgan fingerprint density at radius 1 is 1.00 bits per heavy atom. The summed E-state index contributed by atoms with van der Waals surface area (Å²) in [5.74, 6) is -0.0617. The predicted octanol–water partition coefficient (Wildman–Crippen LogP) is 0.821. The van der Waals surface area contributed by atoms with Crippen molar-refractivity contribution in [1.82, 2.24) is 4.90 Å². The quantitative estimate of drug-likeness (QED) is 0.556. The van der Waals surface area contributed by atoms with Gasteiger partial charge in [0.25, 0.3) is 5.91 Å². The predicted molar refractivity (Wildman–Crippen MR) is 111 cm³/mol. The van der Waals surface area contributed by atoms with Crippen molar-refractivity contribution in [1.29, 1.82) is 0 Å². The van der Waals surface area contributed by atoms with Gasteiger partial charge in [0.2, 0.25) is 0 Å². The second-order valence-corrected chi connectivity index (χ2v) is 7.99. The Hall–Kier alpha value is -2.45. The monoisotopic (exact) mass is 415 g/mol. The smallest absolute Gasteiger partial charge is 0.253 e. The summed E-state index contributed by atoms with van der Waals surface area (Å²) >= 11 is 0. The standard InChI is InChI=1S/C23H29NO6/c1-24(2)23(29)15-9-7-14(8-10-15)11-16-5-3-4-6-18(16)30-19-12-17(13-25)20(26)22(28)21(19)27/h3-10,17,19-22,25-28H,11-13H2,1-2H3/t17-,19-,20-,21+,22+/m1/s1. The number of carbonyl (C=O) groups excluding carboxylic acids is 1. The molecular formula is C23H29NO6. The number of rotatable bonds is 6. The Bertz CT molecular complexity index is 851. The molecule has 2 aromatic carbocycles. The number of benzene rings is 2. The summed E-state index contributed by atoms with van der Waals surface area (Å²) in [5.41, 5.74) is 2.49. The third kappa shape index (κ3) is 4.82. The molecular weight excluding hydrogens is 386 g/mol. The maximum atomic E-state index is 12.0. The minimum atomic E-state index is -1.38. The van der Waals surface area contributed by atoms with Gasteiger partial charge in [-0.05, 0) is 35.7 Å². The first-order valence-corrected chi connectivity index (χ1v) is 10.0. The van der Waals surface area contributed by atoms with E-state index in [-0.39, 0.29) is 18.9 Å². The average molecular weight is 415 g/mol. The molecule has 30 heavy (non-hydrogen) atoms. The van der Waals surface area contributed by atoms with Gasteiger partial charge in [-0.2, -0.15) is 0 Å². The maximum absolute atomic E-state index is 12.0. The lowest BCUT2D eigenvalue weighted by molar-refractivity contribution is -0.157. The average Bonchev–Trinajstić information content (AvgIpc) is 2.75. The van der Waals surface area contributed by atoms with Crippen LogP contribution in [0.15, 0.2) is 48.5 Å². The Morgan fingerprint density at radius 2 is 1.67 bits per heavy atom. The van der Waals surface area contributed by atoms with Crippen LogP contribution in [0.3, 0.4) is 0 Å². The highest BCUT2D eigenvalue weighted by Crippen LogP contribution is 2.31. The van der Waals surface area contributed by atoms with Gasteiger partial charge in [0, 0.05) is 38.6 Å². The molecule has 0 bridgehead atoms. The van der Waals surface area contributed by atoms with E-state index >= 15 is 0 Å². The van der Waals surface area contributed by atoms with Gasteiger partial charge in [0.15, 0.2) is 0 Å². The van der Waals surface area contributed by atoms with Crippen molar-refractivity contribution in [3.63, 3.8) is 0 Å². The third-order valence-corrected chi connectivity index (χ3v) is 5.59. The lowest BCUT2D eigenvalue weighted by Gasteiger charge is -2.39. The van der Waals surface area contributed by atoms with Crippen LogP contribution in [0.1, 0.15) is 27.9 Å². The molecule has 1 amide bonds. The zero-order valence-corrected chi connectivity index (χ0v) is 17.2. The minimum Gasteiger partial charge on any atom is -0.487 e. The summed E-state index contributed by atoms with van der Waals surface area (Å²) < 4.78 is 6.02.